The quantitative estimate of drug-likeness (QED) is 0.903. The van der Waals surface area contributed by atoms with E-state index in [1.54, 1.807) is 13.2 Å². The molecule has 0 fully saturated rings. The minimum Gasteiger partial charge on any atom is -0.497 e. The molecule has 0 saturated carbocycles. The van der Waals surface area contributed by atoms with Crippen molar-refractivity contribution < 1.29 is 4.74 Å². The molecule has 0 aromatic heterocycles. The summed E-state index contributed by atoms with van der Waals surface area (Å²) in [6, 6.07) is 11.5. The zero-order valence-corrected chi connectivity index (χ0v) is 12.3. The molecule has 0 heterocycles. The summed E-state index contributed by atoms with van der Waals surface area (Å²) >= 11 is 12.1. The molecule has 0 bridgehead atoms. The van der Waals surface area contributed by atoms with Crippen LogP contribution >= 0.6 is 23.2 Å². The van der Waals surface area contributed by atoms with E-state index < -0.39 is 0 Å². The number of hydrogen-bond acceptors (Lipinski definition) is 2. The van der Waals surface area contributed by atoms with Crippen molar-refractivity contribution in [2.24, 2.45) is 0 Å². The molecule has 4 heteroatoms. The summed E-state index contributed by atoms with van der Waals surface area (Å²) in [5, 5.41) is 4.42. The fourth-order valence-electron chi connectivity index (χ4n) is 2.02. The summed E-state index contributed by atoms with van der Waals surface area (Å²) in [5.74, 6) is 0.835. The van der Waals surface area contributed by atoms with Gasteiger partial charge in [0.1, 0.15) is 5.75 Å². The monoisotopic (exact) mass is 295 g/mol. The summed E-state index contributed by atoms with van der Waals surface area (Å²) < 4.78 is 5.26. The van der Waals surface area contributed by atoms with Gasteiger partial charge in [-0.05, 0) is 54.1 Å². The van der Waals surface area contributed by atoms with Crippen molar-refractivity contribution in [1.29, 1.82) is 0 Å². The Morgan fingerprint density at radius 1 is 1.05 bits per heavy atom. The van der Waals surface area contributed by atoms with Crippen LogP contribution < -0.4 is 10.1 Å². The van der Waals surface area contributed by atoms with Gasteiger partial charge in [-0.25, -0.2) is 0 Å². The third kappa shape index (κ3) is 3.41. The molecular weight excluding hydrogens is 281 g/mol. The smallest absolute Gasteiger partial charge is 0.119 e. The van der Waals surface area contributed by atoms with Crippen LogP contribution in [0.1, 0.15) is 5.56 Å². The Labute approximate surface area is 123 Å². The van der Waals surface area contributed by atoms with E-state index in [1.165, 1.54) is 0 Å². The van der Waals surface area contributed by atoms with Gasteiger partial charge in [0.2, 0.25) is 0 Å². The largest absolute Gasteiger partial charge is 0.497 e. The molecule has 1 N–H and O–H groups in total. The highest BCUT2D eigenvalue weighted by Crippen LogP contribution is 2.31. The van der Waals surface area contributed by atoms with Crippen molar-refractivity contribution in [2.45, 2.75) is 6.54 Å². The molecular formula is C15H15Cl2NO. The van der Waals surface area contributed by atoms with Gasteiger partial charge in [0.25, 0.3) is 0 Å². The number of rotatable bonds is 4. The lowest BCUT2D eigenvalue weighted by Crippen LogP contribution is -2.06. The maximum atomic E-state index is 6.06. The van der Waals surface area contributed by atoms with Gasteiger partial charge in [-0.15, -0.1) is 0 Å². The zero-order valence-electron chi connectivity index (χ0n) is 10.8. The molecule has 2 nitrogen and oxygen atoms in total. The van der Waals surface area contributed by atoms with Crippen LogP contribution in [0.15, 0.2) is 36.4 Å². The Hall–Kier alpha value is -1.22. The highest BCUT2D eigenvalue weighted by molar-refractivity contribution is 6.35. The number of nitrogens with one attached hydrogen (secondary N) is 1. The molecule has 0 aliphatic rings. The lowest BCUT2D eigenvalue weighted by Gasteiger charge is -2.12. The van der Waals surface area contributed by atoms with Crippen LogP contribution in [0.5, 0.6) is 5.75 Å². The summed E-state index contributed by atoms with van der Waals surface area (Å²) in [7, 11) is 3.57. The summed E-state index contributed by atoms with van der Waals surface area (Å²) in [6.45, 7) is 0.747. The first-order valence-electron chi connectivity index (χ1n) is 5.92. The van der Waals surface area contributed by atoms with Crippen LogP contribution in [0.4, 0.5) is 0 Å². The highest BCUT2D eigenvalue weighted by Gasteiger charge is 2.08. The van der Waals surface area contributed by atoms with Crippen molar-refractivity contribution in [2.75, 3.05) is 14.2 Å². The molecule has 2 rings (SSSR count). The third-order valence-electron chi connectivity index (χ3n) is 2.85. The molecule has 0 saturated heterocycles. The summed E-state index contributed by atoms with van der Waals surface area (Å²) in [4.78, 5) is 0. The Balaban J connectivity index is 2.53. The first-order valence-corrected chi connectivity index (χ1v) is 6.67. The lowest BCUT2D eigenvalue weighted by atomic mass is 9.99. The minimum absolute atomic E-state index is 0.633. The van der Waals surface area contributed by atoms with E-state index in [0.717, 1.165) is 29.0 Å². The Morgan fingerprint density at radius 2 is 1.74 bits per heavy atom. The van der Waals surface area contributed by atoms with Crippen LogP contribution in [-0.4, -0.2) is 14.2 Å². The van der Waals surface area contributed by atoms with Crippen LogP contribution in [0.3, 0.4) is 0 Å². The van der Waals surface area contributed by atoms with Gasteiger partial charge in [-0.2, -0.15) is 0 Å². The van der Waals surface area contributed by atoms with Gasteiger partial charge in [-0.1, -0.05) is 29.3 Å². The number of ether oxygens (including phenoxy) is 1. The van der Waals surface area contributed by atoms with Crippen LogP contribution in [0, 0.1) is 0 Å². The standard InChI is InChI=1S/C15H15Cl2NO/c1-18-9-11-7-14(19-2)3-4-15(11)10-5-12(16)8-13(17)6-10/h3-8,18H,9H2,1-2H3. The second-order valence-electron chi connectivity index (χ2n) is 4.21. The molecule has 0 aliphatic heterocycles. The lowest BCUT2D eigenvalue weighted by molar-refractivity contribution is 0.414. The van der Waals surface area contributed by atoms with Gasteiger partial charge < -0.3 is 10.1 Å². The van der Waals surface area contributed by atoms with E-state index in [4.69, 9.17) is 27.9 Å². The molecule has 100 valence electrons. The number of halogens is 2. The summed E-state index contributed by atoms with van der Waals surface area (Å²) in [6.07, 6.45) is 0. The van der Waals surface area contributed by atoms with Gasteiger partial charge in [0.15, 0.2) is 0 Å². The fourth-order valence-corrected chi connectivity index (χ4v) is 2.55. The predicted octanol–water partition coefficient (Wildman–Crippen LogP) is 4.39. The molecule has 2 aromatic carbocycles. The topological polar surface area (TPSA) is 21.3 Å². The second-order valence-corrected chi connectivity index (χ2v) is 5.08. The van der Waals surface area contributed by atoms with E-state index in [9.17, 15) is 0 Å². The molecule has 0 atom stereocenters. The SMILES string of the molecule is CNCc1cc(OC)ccc1-c1cc(Cl)cc(Cl)c1. The Bertz CT molecular complexity index is 564. The van der Waals surface area contributed by atoms with Gasteiger partial charge in [0, 0.05) is 16.6 Å². The molecule has 0 spiro atoms. The minimum atomic E-state index is 0.633. The Kier molecular flexibility index (Phi) is 4.70. The number of benzene rings is 2. The number of hydrogen-bond donors (Lipinski definition) is 1. The van der Waals surface area contributed by atoms with Gasteiger partial charge >= 0.3 is 0 Å². The predicted molar refractivity (Wildman–Crippen MR) is 81.2 cm³/mol. The molecule has 0 amide bonds. The van der Waals surface area contributed by atoms with Gasteiger partial charge in [-0.3, -0.25) is 0 Å². The maximum absolute atomic E-state index is 6.06. The van der Waals surface area contributed by atoms with Crippen molar-refractivity contribution in [3.63, 3.8) is 0 Å². The molecule has 0 aliphatic carbocycles. The van der Waals surface area contributed by atoms with Crippen LogP contribution in [-0.2, 0) is 6.54 Å². The van der Waals surface area contributed by atoms with Crippen molar-refractivity contribution in [1.82, 2.24) is 5.32 Å². The first-order chi connectivity index (χ1) is 9.13. The maximum Gasteiger partial charge on any atom is 0.119 e. The molecule has 2 aromatic rings. The van der Waals surface area contributed by atoms with E-state index in [1.807, 2.05) is 37.4 Å². The van der Waals surface area contributed by atoms with E-state index in [2.05, 4.69) is 5.32 Å². The van der Waals surface area contributed by atoms with Crippen LogP contribution in [0.2, 0.25) is 10.0 Å². The Morgan fingerprint density at radius 3 is 2.32 bits per heavy atom. The van der Waals surface area contributed by atoms with E-state index >= 15 is 0 Å². The average molecular weight is 296 g/mol. The van der Waals surface area contributed by atoms with Crippen molar-refractivity contribution >= 4 is 23.2 Å². The first kappa shape index (κ1) is 14.2. The van der Waals surface area contributed by atoms with Gasteiger partial charge in [0.05, 0.1) is 7.11 Å². The van der Waals surface area contributed by atoms with Crippen LogP contribution in [0.25, 0.3) is 11.1 Å². The summed E-state index contributed by atoms with van der Waals surface area (Å²) in [5.41, 5.74) is 3.24. The van der Waals surface area contributed by atoms with Crippen molar-refractivity contribution in [3.05, 3.63) is 52.0 Å². The normalized spacial score (nSPS) is 10.5. The highest BCUT2D eigenvalue weighted by atomic mass is 35.5. The zero-order chi connectivity index (χ0) is 13.8. The van der Waals surface area contributed by atoms with Crippen molar-refractivity contribution in [3.8, 4) is 16.9 Å². The number of methoxy groups -OCH3 is 1. The van der Waals surface area contributed by atoms with E-state index in [-0.39, 0.29) is 0 Å². The fraction of sp³-hybridized carbons (Fsp3) is 0.200. The molecule has 19 heavy (non-hydrogen) atoms. The molecule has 0 radical (unpaired) electrons. The molecule has 0 unspecified atom stereocenters. The second kappa shape index (κ2) is 6.29. The third-order valence-corrected chi connectivity index (χ3v) is 3.29. The van der Waals surface area contributed by atoms with E-state index in [0.29, 0.717) is 10.0 Å². The average Bonchev–Trinajstić information content (AvgIpc) is 2.37.